The van der Waals surface area contributed by atoms with Crippen molar-refractivity contribution < 1.29 is 4.79 Å². The highest BCUT2D eigenvalue weighted by atomic mass is 35.5. The molecule has 2 aromatic heterocycles. The maximum Gasteiger partial charge on any atom is 0.254 e. The lowest BCUT2D eigenvalue weighted by molar-refractivity contribution is 0.1000. The molecule has 0 saturated carbocycles. The topological polar surface area (TPSA) is 99.8 Å². The molecule has 0 aliphatic rings. The second-order valence-corrected chi connectivity index (χ2v) is 5.38. The number of hydrogen-bond donors (Lipinski definition) is 2. The molecule has 6 nitrogen and oxygen atoms in total. The van der Waals surface area contributed by atoms with Crippen molar-refractivity contribution in [3.63, 3.8) is 0 Å². The van der Waals surface area contributed by atoms with Crippen molar-refractivity contribution in [3.8, 4) is 5.82 Å². The van der Waals surface area contributed by atoms with Crippen molar-refractivity contribution in [2.75, 3.05) is 5.73 Å². The average molecular weight is 314 g/mol. The molecule has 1 amide bonds. The number of aromatic nitrogens is 3. The number of pyridine rings is 1. The van der Waals surface area contributed by atoms with Gasteiger partial charge in [0, 0.05) is 6.20 Å². The van der Waals surface area contributed by atoms with E-state index in [1.165, 1.54) is 16.9 Å². The number of amides is 1. The van der Waals surface area contributed by atoms with Gasteiger partial charge in [-0.25, -0.2) is 4.98 Å². The number of primary amides is 1. The van der Waals surface area contributed by atoms with Crippen molar-refractivity contribution in [2.24, 2.45) is 5.73 Å². The molecular weight excluding hydrogens is 301 g/mol. The lowest BCUT2D eigenvalue weighted by Gasteiger charge is -2.05. The second-order valence-electron chi connectivity index (χ2n) is 4.54. The summed E-state index contributed by atoms with van der Waals surface area (Å²) in [5.41, 5.74) is 12.0. The fourth-order valence-electron chi connectivity index (χ4n) is 1.83. The zero-order valence-corrected chi connectivity index (χ0v) is 12.4. The minimum atomic E-state index is -0.637. The molecule has 0 aliphatic carbocycles. The Hall–Kier alpha value is -1.79. The van der Waals surface area contributed by atoms with Gasteiger partial charge in [0.2, 0.25) is 0 Å². The van der Waals surface area contributed by atoms with Gasteiger partial charge >= 0.3 is 0 Å². The lowest BCUT2D eigenvalue weighted by atomic mass is 10.1. The van der Waals surface area contributed by atoms with Gasteiger partial charge in [-0.15, -0.1) is 0 Å². The normalized spacial score (nSPS) is 11.1. The van der Waals surface area contributed by atoms with Gasteiger partial charge in [0.1, 0.15) is 11.4 Å². The maximum atomic E-state index is 11.5. The summed E-state index contributed by atoms with van der Waals surface area (Å²) in [5.74, 6) is -0.254. The summed E-state index contributed by atoms with van der Waals surface area (Å²) in [6.45, 7) is 3.77. The molecule has 0 aliphatic heterocycles. The third-order valence-electron chi connectivity index (χ3n) is 2.73. The molecule has 0 fully saturated rings. The smallest absolute Gasteiger partial charge is 0.254 e. The molecule has 0 unspecified atom stereocenters. The molecule has 2 rings (SSSR count). The summed E-state index contributed by atoms with van der Waals surface area (Å²) >= 11 is 11.9. The number of halogens is 2. The first-order valence-corrected chi connectivity index (χ1v) is 6.58. The van der Waals surface area contributed by atoms with Gasteiger partial charge in [-0.3, -0.25) is 4.79 Å². The van der Waals surface area contributed by atoms with Gasteiger partial charge in [-0.1, -0.05) is 37.0 Å². The van der Waals surface area contributed by atoms with E-state index in [0.717, 1.165) is 0 Å². The van der Waals surface area contributed by atoms with Crippen LogP contribution in [0, 0.1) is 0 Å². The highest BCUT2D eigenvalue weighted by Crippen LogP contribution is 2.29. The minimum Gasteiger partial charge on any atom is -0.383 e. The van der Waals surface area contributed by atoms with Crippen LogP contribution in [0.2, 0.25) is 10.0 Å². The first-order valence-electron chi connectivity index (χ1n) is 5.82. The van der Waals surface area contributed by atoms with Crippen molar-refractivity contribution in [1.82, 2.24) is 14.8 Å². The minimum absolute atomic E-state index is 0.0212. The molecule has 0 radical (unpaired) electrons. The molecular formula is C12H13Cl2N5O. The summed E-state index contributed by atoms with van der Waals surface area (Å²) in [6.07, 6.45) is 1.42. The van der Waals surface area contributed by atoms with Crippen LogP contribution in [0.3, 0.4) is 0 Å². The predicted molar refractivity (Wildman–Crippen MR) is 78.4 cm³/mol. The molecule has 2 aromatic rings. The summed E-state index contributed by atoms with van der Waals surface area (Å²) in [4.78, 5) is 15.6. The first kappa shape index (κ1) is 14.6. The molecule has 0 aromatic carbocycles. The average Bonchev–Trinajstić information content (AvgIpc) is 2.67. The Morgan fingerprint density at radius 2 is 2.05 bits per heavy atom. The van der Waals surface area contributed by atoms with Gasteiger partial charge < -0.3 is 11.5 Å². The van der Waals surface area contributed by atoms with Crippen molar-refractivity contribution in [2.45, 2.75) is 19.8 Å². The van der Waals surface area contributed by atoms with Crippen molar-refractivity contribution >= 4 is 34.9 Å². The highest BCUT2D eigenvalue weighted by molar-refractivity contribution is 6.35. The number of anilines is 1. The van der Waals surface area contributed by atoms with E-state index in [1.54, 1.807) is 0 Å². The number of nitrogens with two attached hydrogens (primary N) is 2. The van der Waals surface area contributed by atoms with Gasteiger partial charge in [-0.2, -0.15) is 9.78 Å². The van der Waals surface area contributed by atoms with E-state index < -0.39 is 5.91 Å². The van der Waals surface area contributed by atoms with Crippen LogP contribution < -0.4 is 11.5 Å². The van der Waals surface area contributed by atoms with Crippen molar-refractivity contribution in [1.29, 1.82) is 0 Å². The Balaban J connectivity index is 2.69. The molecule has 8 heteroatoms. The van der Waals surface area contributed by atoms with Crippen molar-refractivity contribution in [3.05, 3.63) is 33.6 Å². The second kappa shape index (κ2) is 5.30. The Labute approximate surface area is 125 Å². The third-order valence-corrected chi connectivity index (χ3v) is 3.22. The van der Waals surface area contributed by atoms with Crippen LogP contribution in [0.25, 0.3) is 5.82 Å². The molecule has 106 valence electrons. The Morgan fingerprint density at radius 3 is 2.50 bits per heavy atom. The van der Waals surface area contributed by atoms with Gasteiger partial charge in [0.05, 0.1) is 15.7 Å². The van der Waals surface area contributed by atoms with Gasteiger partial charge in [-0.05, 0) is 12.0 Å². The van der Waals surface area contributed by atoms with E-state index in [9.17, 15) is 4.79 Å². The number of rotatable bonds is 3. The lowest BCUT2D eigenvalue weighted by Crippen LogP contribution is -2.15. The van der Waals surface area contributed by atoms with E-state index in [4.69, 9.17) is 34.7 Å². The van der Waals surface area contributed by atoms with E-state index in [1.807, 2.05) is 13.8 Å². The summed E-state index contributed by atoms with van der Waals surface area (Å²) in [7, 11) is 0. The summed E-state index contributed by atoms with van der Waals surface area (Å²) in [6, 6.07) is 1.52. The maximum absolute atomic E-state index is 11.5. The van der Waals surface area contributed by atoms with Crippen LogP contribution in [0.1, 0.15) is 35.8 Å². The fourth-order valence-corrected chi connectivity index (χ4v) is 2.29. The number of carbonyl (C=O) groups is 1. The molecule has 0 spiro atoms. The quantitative estimate of drug-likeness (QED) is 0.908. The Morgan fingerprint density at radius 1 is 1.40 bits per heavy atom. The van der Waals surface area contributed by atoms with E-state index in [-0.39, 0.29) is 22.3 Å². The third kappa shape index (κ3) is 2.44. The van der Waals surface area contributed by atoms with Crippen LogP contribution in [0.4, 0.5) is 5.82 Å². The molecule has 0 saturated heterocycles. The highest BCUT2D eigenvalue weighted by Gasteiger charge is 2.24. The number of carbonyl (C=O) groups excluding carboxylic acids is 1. The summed E-state index contributed by atoms with van der Waals surface area (Å²) in [5, 5.41) is 4.96. The monoisotopic (exact) mass is 313 g/mol. The Kier molecular flexibility index (Phi) is 3.87. The molecule has 0 bridgehead atoms. The molecule has 0 atom stereocenters. The van der Waals surface area contributed by atoms with E-state index >= 15 is 0 Å². The number of hydrogen-bond acceptors (Lipinski definition) is 4. The zero-order chi connectivity index (χ0) is 15.0. The van der Waals surface area contributed by atoms with Gasteiger partial charge in [0.15, 0.2) is 5.82 Å². The predicted octanol–water partition coefficient (Wildman–Crippen LogP) is 2.38. The van der Waals surface area contributed by atoms with Gasteiger partial charge in [0.25, 0.3) is 5.91 Å². The van der Waals surface area contributed by atoms with Crippen LogP contribution in [0.5, 0.6) is 0 Å². The standard InChI is InChI=1S/C12H13Cl2N5O/c1-5(2)9-8(11(16)20)10(15)19(18-9)12-7(14)3-6(13)4-17-12/h3-5H,15H2,1-2H3,(H2,16,20). The van der Waals surface area contributed by atoms with E-state index in [2.05, 4.69) is 10.1 Å². The first-order chi connectivity index (χ1) is 9.32. The molecule has 2 heterocycles. The summed E-state index contributed by atoms with van der Waals surface area (Å²) < 4.78 is 1.30. The molecule has 20 heavy (non-hydrogen) atoms. The van der Waals surface area contributed by atoms with Crippen LogP contribution >= 0.6 is 23.2 Å². The number of nitrogen functional groups attached to an aromatic ring is 1. The zero-order valence-electron chi connectivity index (χ0n) is 10.9. The largest absolute Gasteiger partial charge is 0.383 e. The molecule has 4 N–H and O–H groups in total. The fraction of sp³-hybridized carbons (Fsp3) is 0.250. The van der Waals surface area contributed by atoms with Crippen LogP contribution in [-0.2, 0) is 0 Å². The van der Waals surface area contributed by atoms with Crippen LogP contribution in [-0.4, -0.2) is 20.7 Å². The SMILES string of the molecule is CC(C)c1nn(-c2ncc(Cl)cc2Cl)c(N)c1C(N)=O. The van der Waals surface area contributed by atoms with E-state index in [0.29, 0.717) is 16.5 Å². The number of nitrogens with zero attached hydrogens (tertiary/aromatic N) is 3. The Bertz CT molecular complexity index is 681. The van der Waals surface area contributed by atoms with Crippen LogP contribution in [0.15, 0.2) is 12.3 Å².